The summed E-state index contributed by atoms with van der Waals surface area (Å²) in [4.78, 5) is 2.59. The van der Waals surface area contributed by atoms with E-state index in [1.807, 2.05) is 0 Å². The van der Waals surface area contributed by atoms with Crippen molar-refractivity contribution in [2.75, 3.05) is 13.2 Å². The minimum absolute atomic E-state index is 0.359. The average Bonchev–Trinajstić information content (AvgIpc) is 2.61. The van der Waals surface area contributed by atoms with Crippen LogP contribution in [0.3, 0.4) is 0 Å². The van der Waals surface area contributed by atoms with Crippen LogP contribution < -0.4 is 0 Å². The molecule has 82 valence electrons. The predicted molar refractivity (Wildman–Crippen MR) is 58.2 cm³/mol. The van der Waals surface area contributed by atoms with E-state index in [1.54, 1.807) is 0 Å². The summed E-state index contributed by atoms with van der Waals surface area (Å²) in [6.07, 6.45) is 8.22. The SMILES string of the molecule is CC1CCN(C2CCCCC2)C1CO. The van der Waals surface area contributed by atoms with Crippen molar-refractivity contribution in [3.63, 3.8) is 0 Å². The Morgan fingerprint density at radius 1 is 1.14 bits per heavy atom. The molecule has 0 radical (unpaired) electrons. The quantitative estimate of drug-likeness (QED) is 0.732. The van der Waals surface area contributed by atoms with Gasteiger partial charge in [-0.3, -0.25) is 4.90 Å². The first-order valence-corrected chi connectivity index (χ1v) is 6.19. The van der Waals surface area contributed by atoms with Crippen molar-refractivity contribution in [2.45, 2.75) is 57.5 Å². The molecule has 2 aliphatic rings. The van der Waals surface area contributed by atoms with Gasteiger partial charge in [0.05, 0.1) is 6.61 Å². The molecule has 1 saturated heterocycles. The van der Waals surface area contributed by atoms with E-state index in [0.717, 1.165) is 6.04 Å². The van der Waals surface area contributed by atoms with E-state index < -0.39 is 0 Å². The third kappa shape index (κ3) is 1.96. The molecule has 0 aromatic carbocycles. The fourth-order valence-electron chi connectivity index (χ4n) is 3.19. The molecule has 2 rings (SSSR count). The second kappa shape index (κ2) is 4.63. The molecule has 0 aromatic heterocycles. The van der Waals surface area contributed by atoms with Crippen molar-refractivity contribution in [2.24, 2.45) is 5.92 Å². The Morgan fingerprint density at radius 2 is 1.86 bits per heavy atom. The monoisotopic (exact) mass is 197 g/mol. The summed E-state index contributed by atoms with van der Waals surface area (Å²) >= 11 is 0. The zero-order valence-corrected chi connectivity index (χ0v) is 9.28. The number of rotatable bonds is 2. The molecule has 2 heteroatoms. The molecular weight excluding hydrogens is 174 g/mol. The van der Waals surface area contributed by atoms with E-state index in [9.17, 15) is 5.11 Å². The lowest BCUT2D eigenvalue weighted by Crippen LogP contribution is -2.43. The maximum Gasteiger partial charge on any atom is 0.0589 e. The minimum Gasteiger partial charge on any atom is -0.395 e. The Labute approximate surface area is 87.3 Å². The highest BCUT2D eigenvalue weighted by Crippen LogP contribution is 2.31. The van der Waals surface area contributed by atoms with Gasteiger partial charge in [-0.25, -0.2) is 0 Å². The second-order valence-electron chi connectivity index (χ2n) is 5.05. The first-order valence-electron chi connectivity index (χ1n) is 6.19. The molecule has 1 N–H and O–H groups in total. The smallest absolute Gasteiger partial charge is 0.0589 e. The summed E-state index contributed by atoms with van der Waals surface area (Å²) in [6, 6.07) is 1.24. The summed E-state index contributed by atoms with van der Waals surface area (Å²) in [5, 5.41) is 9.40. The molecule has 2 nitrogen and oxygen atoms in total. The highest BCUT2D eigenvalue weighted by Gasteiger charge is 2.35. The number of aliphatic hydroxyl groups excluding tert-OH is 1. The van der Waals surface area contributed by atoms with E-state index in [0.29, 0.717) is 18.6 Å². The van der Waals surface area contributed by atoms with E-state index in [4.69, 9.17) is 0 Å². The van der Waals surface area contributed by atoms with Gasteiger partial charge in [-0.05, 0) is 31.7 Å². The lowest BCUT2D eigenvalue weighted by molar-refractivity contribution is 0.0844. The Morgan fingerprint density at radius 3 is 2.50 bits per heavy atom. The van der Waals surface area contributed by atoms with Gasteiger partial charge in [-0.1, -0.05) is 26.2 Å². The fraction of sp³-hybridized carbons (Fsp3) is 1.00. The number of likely N-dealkylation sites (tertiary alicyclic amines) is 1. The van der Waals surface area contributed by atoms with Gasteiger partial charge in [0.25, 0.3) is 0 Å². The molecule has 0 bridgehead atoms. The van der Waals surface area contributed by atoms with Gasteiger partial charge in [0.15, 0.2) is 0 Å². The van der Waals surface area contributed by atoms with E-state index >= 15 is 0 Å². The van der Waals surface area contributed by atoms with Crippen LogP contribution in [0.2, 0.25) is 0 Å². The van der Waals surface area contributed by atoms with Crippen LogP contribution in [-0.2, 0) is 0 Å². The van der Waals surface area contributed by atoms with Crippen molar-refractivity contribution in [3.8, 4) is 0 Å². The van der Waals surface area contributed by atoms with Crippen LogP contribution in [0.4, 0.5) is 0 Å². The third-order valence-corrected chi connectivity index (χ3v) is 4.16. The van der Waals surface area contributed by atoms with Crippen molar-refractivity contribution in [1.29, 1.82) is 0 Å². The molecule has 0 aromatic rings. The molecule has 2 fully saturated rings. The van der Waals surface area contributed by atoms with E-state index in [1.165, 1.54) is 45.1 Å². The molecule has 14 heavy (non-hydrogen) atoms. The second-order valence-corrected chi connectivity index (χ2v) is 5.05. The van der Waals surface area contributed by atoms with Crippen LogP contribution in [0.15, 0.2) is 0 Å². The lowest BCUT2D eigenvalue weighted by Gasteiger charge is -2.35. The van der Waals surface area contributed by atoms with Crippen LogP contribution >= 0.6 is 0 Å². The summed E-state index contributed by atoms with van der Waals surface area (Å²) < 4.78 is 0. The Balaban J connectivity index is 1.95. The summed E-state index contributed by atoms with van der Waals surface area (Å²) in [5.74, 6) is 0.696. The average molecular weight is 197 g/mol. The van der Waals surface area contributed by atoms with Crippen molar-refractivity contribution < 1.29 is 5.11 Å². The minimum atomic E-state index is 0.359. The van der Waals surface area contributed by atoms with Gasteiger partial charge in [0.2, 0.25) is 0 Å². The topological polar surface area (TPSA) is 23.5 Å². The van der Waals surface area contributed by atoms with E-state index in [2.05, 4.69) is 11.8 Å². The molecule has 0 amide bonds. The normalized spacial score (nSPS) is 36.4. The first kappa shape index (κ1) is 10.4. The van der Waals surface area contributed by atoms with Crippen molar-refractivity contribution >= 4 is 0 Å². The highest BCUT2D eigenvalue weighted by atomic mass is 16.3. The van der Waals surface area contributed by atoms with Gasteiger partial charge in [0, 0.05) is 12.1 Å². The number of hydrogen-bond donors (Lipinski definition) is 1. The van der Waals surface area contributed by atoms with Crippen molar-refractivity contribution in [3.05, 3.63) is 0 Å². The van der Waals surface area contributed by atoms with Crippen molar-refractivity contribution in [1.82, 2.24) is 4.90 Å². The first-order chi connectivity index (χ1) is 6.83. The largest absolute Gasteiger partial charge is 0.395 e. The molecule has 1 aliphatic carbocycles. The third-order valence-electron chi connectivity index (χ3n) is 4.16. The highest BCUT2D eigenvalue weighted by molar-refractivity contribution is 4.89. The van der Waals surface area contributed by atoms with Gasteiger partial charge >= 0.3 is 0 Å². The van der Waals surface area contributed by atoms with Gasteiger partial charge in [-0.2, -0.15) is 0 Å². The van der Waals surface area contributed by atoms with Gasteiger partial charge < -0.3 is 5.11 Å². The Bertz CT molecular complexity index is 177. The molecule has 2 atom stereocenters. The molecule has 1 heterocycles. The summed E-state index contributed by atoms with van der Waals surface area (Å²) in [5.41, 5.74) is 0. The summed E-state index contributed by atoms with van der Waals surface area (Å²) in [6.45, 7) is 3.86. The van der Waals surface area contributed by atoms with Gasteiger partial charge in [-0.15, -0.1) is 0 Å². The lowest BCUT2D eigenvalue weighted by atomic mass is 9.93. The van der Waals surface area contributed by atoms with Crippen LogP contribution in [-0.4, -0.2) is 35.2 Å². The maximum atomic E-state index is 9.40. The zero-order valence-electron chi connectivity index (χ0n) is 9.28. The molecule has 0 spiro atoms. The van der Waals surface area contributed by atoms with Crippen LogP contribution in [0.1, 0.15) is 45.4 Å². The number of aliphatic hydroxyl groups is 1. The van der Waals surface area contributed by atoms with Crippen LogP contribution in [0.25, 0.3) is 0 Å². The maximum absolute atomic E-state index is 9.40. The Hall–Kier alpha value is -0.0800. The molecule has 1 aliphatic heterocycles. The Kier molecular flexibility index (Phi) is 3.45. The van der Waals surface area contributed by atoms with Crippen LogP contribution in [0, 0.1) is 5.92 Å². The summed E-state index contributed by atoms with van der Waals surface area (Å²) in [7, 11) is 0. The number of nitrogens with zero attached hydrogens (tertiary/aromatic N) is 1. The van der Waals surface area contributed by atoms with E-state index in [-0.39, 0.29) is 0 Å². The van der Waals surface area contributed by atoms with Gasteiger partial charge in [0.1, 0.15) is 0 Å². The van der Waals surface area contributed by atoms with Crippen LogP contribution in [0.5, 0.6) is 0 Å². The zero-order chi connectivity index (χ0) is 9.97. The fourth-order valence-corrected chi connectivity index (χ4v) is 3.19. The standard InChI is InChI=1S/C12H23NO/c1-10-7-8-13(12(10)9-14)11-5-3-2-4-6-11/h10-12,14H,2-9H2,1H3. The molecule has 2 unspecified atom stereocenters. The predicted octanol–water partition coefficient (Wildman–Crippen LogP) is 2.02. The molecule has 1 saturated carbocycles. The number of hydrogen-bond acceptors (Lipinski definition) is 2. The molecular formula is C12H23NO.